The Morgan fingerprint density at radius 1 is 1.45 bits per heavy atom. The van der Waals surface area contributed by atoms with Gasteiger partial charge in [-0.05, 0) is 43.9 Å². The topological polar surface area (TPSA) is 29.5 Å². The van der Waals surface area contributed by atoms with Gasteiger partial charge in [0.1, 0.15) is 11.9 Å². The number of carbonyl (C=O) groups is 1. The third-order valence-corrected chi connectivity index (χ3v) is 3.86. The first-order valence-corrected chi connectivity index (χ1v) is 7.57. The SMILES string of the molecule is CCC1CN(CCC(C)C)c2cc(C(C)=O)ccc2O1. The number of ether oxygens (including phenoxy) is 1. The number of ketones is 1. The minimum atomic E-state index is 0.106. The molecule has 1 heterocycles. The van der Waals surface area contributed by atoms with E-state index in [9.17, 15) is 4.79 Å². The predicted octanol–water partition coefficient (Wildman–Crippen LogP) is 3.91. The van der Waals surface area contributed by atoms with Gasteiger partial charge < -0.3 is 9.64 Å². The number of nitrogens with zero attached hydrogens (tertiary/aromatic N) is 1. The van der Waals surface area contributed by atoms with Crippen LogP contribution >= 0.6 is 0 Å². The van der Waals surface area contributed by atoms with Crippen LogP contribution in [0.25, 0.3) is 0 Å². The Bertz CT molecular complexity index is 482. The smallest absolute Gasteiger partial charge is 0.159 e. The molecule has 0 amide bonds. The fraction of sp³-hybridized carbons (Fsp3) is 0.588. The molecule has 0 bridgehead atoms. The van der Waals surface area contributed by atoms with Gasteiger partial charge in [0.2, 0.25) is 0 Å². The Kier molecular flexibility index (Phi) is 4.69. The van der Waals surface area contributed by atoms with E-state index in [1.165, 1.54) is 0 Å². The molecule has 1 atom stereocenters. The number of benzene rings is 1. The molecule has 0 aromatic heterocycles. The van der Waals surface area contributed by atoms with E-state index in [1.807, 2.05) is 18.2 Å². The fourth-order valence-corrected chi connectivity index (χ4v) is 2.48. The summed E-state index contributed by atoms with van der Waals surface area (Å²) in [6.45, 7) is 10.2. The molecule has 1 unspecified atom stereocenters. The highest BCUT2D eigenvalue weighted by molar-refractivity contribution is 5.95. The highest BCUT2D eigenvalue weighted by atomic mass is 16.5. The minimum Gasteiger partial charge on any atom is -0.486 e. The second-order valence-corrected chi connectivity index (χ2v) is 6.02. The monoisotopic (exact) mass is 275 g/mol. The molecule has 3 heteroatoms. The highest BCUT2D eigenvalue weighted by Gasteiger charge is 2.25. The van der Waals surface area contributed by atoms with Crippen LogP contribution in [-0.2, 0) is 0 Å². The normalized spacial score (nSPS) is 17.9. The zero-order valence-corrected chi connectivity index (χ0v) is 13.0. The van der Waals surface area contributed by atoms with Crippen molar-refractivity contribution in [2.45, 2.75) is 46.6 Å². The van der Waals surface area contributed by atoms with Crippen molar-refractivity contribution in [3.63, 3.8) is 0 Å². The lowest BCUT2D eigenvalue weighted by Crippen LogP contribution is -2.40. The van der Waals surface area contributed by atoms with Crippen molar-refractivity contribution >= 4 is 11.5 Å². The summed E-state index contributed by atoms with van der Waals surface area (Å²) in [5, 5.41) is 0. The summed E-state index contributed by atoms with van der Waals surface area (Å²) in [4.78, 5) is 13.9. The molecule has 1 aromatic rings. The van der Waals surface area contributed by atoms with Gasteiger partial charge in [0, 0.05) is 12.1 Å². The molecule has 0 radical (unpaired) electrons. The van der Waals surface area contributed by atoms with Crippen molar-refractivity contribution in [1.29, 1.82) is 0 Å². The summed E-state index contributed by atoms with van der Waals surface area (Å²) in [5.74, 6) is 1.70. The van der Waals surface area contributed by atoms with Crippen LogP contribution in [0, 0.1) is 5.92 Å². The van der Waals surface area contributed by atoms with Gasteiger partial charge in [0.25, 0.3) is 0 Å². The molecule has 0 N–H and O–H groups in total. The molecule has 110 valence electrons. The molecule has 1 aromatic carbocycles. The van der Waals surface area contributed by atoms with Gasteiger partial charge in [-0.3, -0.25) is 4.79 Å². The van der Waals surface area contributed by atoms with Crippen LogP contribution in [0.5, 0.6) is 5.75 Å². The molecule has 1 aliphatic heterocycles. The van der Waals surface area contributed by atoms with E-state index < -0.39 is 0 Å². The molecule has 0 saturated heterocycles. The van der Waals surface area contributed by atoms with E-state index in [-0.39, 0.29) is 11.9 Å². The predicted molar refractivity (Wildman–Crippen MR) is 82.8 cm³/mol. The number of hydrogen-bond donors (Lipinski definition) is 0. The van der Waals surface area contributed by atoms with Gasteiger partial charge in [0.15, 0.2) is 5.78 Å². The Hall–Kier alpha value is -1.51. The molecule has 0 fully saturated rings. The lowest BCUT2D eigenvalue weighted by molar-refractivity contribution is 0.101. The maximum atomic E-state index is 11.6. The largest absolute Gasteiger partial charge is 0.486 e. The van der Waals surface area contributed by atoms with Crippen molar-refractivity contribution in [2.24, 2.45) is 5.92 Å². The lowest BCUT2D eigenvalue weighted by atomic mass is 10.1. The minimum absolute atomic E-state index is 0.106. The molecule has 1 aliphatic rings. The number of hydrogen-bond acceptors (Lipinski definition) is 3. The van der Waals surface area contributed by atoms with Gasteiger partial charge in [-0.15, -0.1) is 0 Å². The molecule has 0 saturated carbocycles. The highest BCUT2D eigenvalue weighted by Crippen LogP contribution is 2.35. The quantitative estimate of drug-likeness (QED) is 0.763. The van der Waals surface area contributed by atoms with E-state index in [4.69, 9.17) is 4.74 Å². The zero-order valence-electron chi connectivity index (χ0n) is 13.0. The number of rotatable bonds is 5. The fourth-order valence-electron chi connectivity index (χ4n) is 2.48. The number of fused-ring (bicyclic) bond motifs is 1. The number of anilines is 1. The Labute approximate surface area is 121 Å². The third-order valence-electron chi connectivity index (χ3n) is 3.86. The van der Waals surface area contributed by atoms with Gasteiger partial charge in [-0.2, -0.15) is 0 Å². The van der Waals surface area contributed by atoms with Gasteiger partial charge in [-0.1, -0.05) is 20.8 Å². The Morgan fingerprint density at radius 2 is 2.20 bits per heavy atom. The summed E-state index contributed by atoms with van der Waals surface area (Å²) < 4.78 is 6.00. The maximum Gasteiger partial charge on any atom is 0.159 e. The summed E-state index contributed by atoms with van der Waals surface area (Å²) in [6, 6.07) is 5.78. The van der Waals surface area contributed by atoms with E-state index in [0.29, 0.717) is 5.92 Å². The van der Waals surface area contributed by atoms with Crippen molar-refractivity contribution in [3.05, 3.63) is 23.8 Å². The molecule has 2 rings (SSSR count). The third kappa shape index (κ3) is 3.33. The van der Waals surface area contributed by atoms with Crippen LogP contribution in [0.4, 0.5) is 5.69 Å². The number of carbonyl (C=O) groups excluding carboxylic acids is 1. The first kappa shape index (κ1) is 14.9. The standard InChI is InChI=1S/C17H25NO2/c1-5-15-11-18(9-8-12(2)3)16-10-14(13(4)19)6-7-17(16)20-15/h6-7,10,12,15H,5,8-9,11H2,1-4H3. The first-order chi connectivity index (χ1) is 9.51. The maximum absolute atomic E-state index is 11.6. The van der Waals surface area contributed by atoms with E-state index in [0.717, 1.165) is 42.9 Å². The molecular formula is C17H25NO2. The van der Waals surface area contributed by atoms with Crippen molar-refractivity contribution in [3.8, 4) is 5.75 Å². The van der Waals surface area contributed by atoms with Crippen LogP contribution in [-0.4, -0.2) is 25.0 Å². The average Bonchev–Trinajstić information content (AvgIpc) is 2.43. The van der Waals surface area contributed by atoms with Crippen molar-refractivity contribution in [1.82, 2.24) is 0 Å². The summed E-state index contributed by atoms with van der Waals surface area (Å²) in [6.07, 6.45) is 2.41. The van der Waals surface area contributed by atoms with Crippen LogP contribution < -0.4 is 9.64 Å². The number of Topliss-reactive ketones (excluding diaryl/α,β-unsaturated/α-hetero) is 1. The Balaban J connectivity index is 2.28. The van der Waals surface area contributed by atoms with Gasteiger partial charge >= 0.3 is 0 Å². The van der Waals surface area contributed by atoms with Crippen LogP contribution in [0.15, 0.2) is 18.2 Å². The van der Waals surface area contributed by atoms with E-state index >= 15 is 0 Å². The summed E-state index contributed by atoms with van der Waals surface area (Å²) >= 11 is 0. The molecule has 20 heavy (non-hydrogen) atoms. The second kappa shape index (κ2) is 6.29. The van der Waals surface area contributed by atoms with E-state index in [1.54, 1.807) is 6.92 Å². The van der Waals surface area contributed by atoms with Gasteiger partial charge in [0.05, 0.1) is 12.2 Å². The van der Waals surface area contributed by atoms with Crippen LogP contribution in [0.1, 0.15) is 50.9 Å². The molecule has 3 nitrogen and oxygen atoms in total. The Morgan fingerprint density at radius 3 is 2.80 bits per heavy atom. The van der Waals surface area contributed by atoms with Crippen molar-refractivity contribution < 1.29 is 9.53 Å². The van der Waals surface area contributed by atoms with Crippen LogP contribution in [0.2, 0.25) is 0 Å². The second-order valence-electron chi connectivity index (χ2n) is 6.02. The van der Waals surface area contributed by atoms with E-state index in [2.05, 4.69) is 25.7 Å². The summed E-state index contributed by atoms with van der Waals surface area (Å²) in [7, 11) is 0. The van der Waals surface area contributed by atoms with Crippen LogP contribution in [0.3, 0.4) is 0 Å². The molecule has 0 aliphatic carbocycles. The molecular weight excluding hydrogens is 250 g/mol. The lowest BCUT2D eigenvalue weighted by Gasteiger charge is -2.36. The average molecular weight is 275 g/mol. The van der Waals surface area contributed by atoms with Crippen molar-refractivity contribution in [2.75, 3.05) is 18.0 Å². The zero-order chi connectivity index (χ0) is 14.7. The molecule has 0 spiro atoms. The first-order valence-electron chi connectivity index (χ1n) is 7.57. The van der Waals surface area contributed by atoms with Gasteiger partial charge in [-0.25, -0.2) is 0 Å². The summed E-state index contributed by atoms with van der Waals surface area (Å²) in [5.41, 5.74) is 1.83.